The monoisotopic (exact) mass is 298 g/mol. The maximum atomic E-state index is 12.7. The van der Waals surface area contributed by atoms with Gasteiger partial charge in [-0.25, -0.2) is 0 Å². The number of hydrogen-bond donors (Lipinski definition) is 1. The highest BCUT2D eigenvalue weighted by Gasteiger charge is 2.39. The van der Waals surface area contributed by atoms with E-state index in [9.17, 15) is 14.4 Å². The number of carbonyl (C=O) groups excluding carboxylic acids is 2. The molecule has 1 amide bonds. The molecule has 1 aliphatic carbocycles. The van der Waals surface area contributed by atoms with E-state index >= 15 is 0 Å². The second-order valence-electron chi connectivity index (χ2n) is 5.78. The topological polar surface area (TPSA) is 83.4 Å². The summed E-state index contributed by atoms with van der Waals surface area (Å²) in [5.41, 5.74) is 1.91. The van der Waals surface area contributed by atoms with Crippen LogP contribution in [0.2, 0.25) is 0 Å². The van der Waals surface area contributed by atoms with E-state index in [0.717, 1.165) is 17.7 Å². The van der Waals surface area contributed by atoms with Crippen LogP contribution >= 0.6 is 0 Å². The van der Waals surface area contributed by atoms with Gasteiger partial charge in [0.25, 0.3) is 11.5 Å². The highest BCUT2D eigenvalue weighted by molar-refractivity contribution is 6.10. The summed E-state index contributed by atoms with van der Waals surface area (Å²) in [6.45, 7) is 2.08. The van der Waals surface area contributed by atoms with E-state index in [-0.39, 0.29) is 28.9 Å². The number of H-pyrrole nitrogens is 1. The number of rotatable bonds is 1. The molecule has 1 aromatic heterocycles. The highest BCUT2D eigenvalue weighted by atomic mass is 16.5. The van der Waals surface area contributed by atoms with Gasteiger partial charge in [0.05, 0.1) is 0 Å². The first-order valence-electron chi connectivity index (χ1n) is 7.24. The van der Waals surface area contributed by atoms with Crippen molar-refractivity contribution in [2.24, 2.45) is 0 Å². The highest BCUT2D eigenvalue weighted by Crippen LogP contribution is 2.44. The Morgan fingerprint density at radius 3 is 2.91 bits per heavy atom. The van der Waals surface area contributed by atoms with Gasteiger partial charge in [-0.3, -0.25) is 14.4 Å². The number of anilines is 1. The largest absolute Gasteiger partial charge is 0.383 e. The fourth-order valence-electron chi connectivity index (χ4n) is 3.51. The zero-order valence-corrected chi connectivity index (χ0v) is 12.0. The number of ketones is 1. The quantitative estimate of drug-likeness (QED) is 0.872. The number of amides is 1. The molecule has 6 nitrogen and oxygen atoms in total. The van der Waals surface area contributed by atoms with E-state index in [0.29, 0.717) is 18.5 Å². The number of hydrogen-bond acceptors (Lipinski definition) is 4. The molecule has 4 rings (SSSR count). The van der Waals surface area contributed by atoms with Gasteiger partial charge < -0.3 is 9.42 Å². The number of carbonyl (C=O) groups is 2. The second-order valence-corrected chi connectivity index (χ2v) is 5.78. The number of Topliss-reactive ketones (excluding diaryl/α,β-unsaturated/α-hetero) is 1. The Balaban J connectivity index is 1.84. The van der Waals surface area contributed by atoms with Crippen molar-refractivity contribution in [2.75, 3.05) is 11.4 Å². The van der Waals surface area contributed by atoms with Gasteiger partial charge in [-0.2, -0.15) is 5.16 Å². The number of aromatic amines is 1. The van der Waals surface area contributed by atoms with Crippen molar-refractivity contribution in [2.45, 2.75) is 25.7 Å². The van der Waals surface area contributed by atoms with E-state index in [2.05, 4.69) is 5.16 Å². The van der Waals surface area contributed by atoms with Crippen molar-refractivity contribution in [1.29, 1.82) is 0 Å². The summed E-state index contributed by atoms with van der Waals surface area (Å²) < 4.78 is 4.93. The molecule has 1 N–H and O–H groups in total. The van der Waals surface area contributed by atoms with Gasteiger partial charge in [0.1, 0.15) is 11.3 Å². The molecule has 0 radical (unpaired) electrons. The van der Waals surface area contributed by atoms with Gasteiger partial charge in [0.15, 0.2) is 5.78 Å². The normalized spacial score (nSPS) is 19.4. The molecule has 1 aromatic carbocycles. The van der Waals surface area contributed by atoms with Gasteiger partial charge in [-0.1, -0.05) is 12.1 Å². The van der Waals surface area contributed by atoms with Crippen molar-refractivity contribution in [3.8, 4) is 0 Å². The molecule has 6 heteroatoms. The molecular formula is C16H14N2O4. The third kappa shape index (κ3) is 1.63. The van der Waals surface area contributed by atoms with Crippen LogP contribution < -0.4 is 10.5 Å². The van der Waals surface area contributed by atoms with Crippen LogP contribution in [0.25, 0.3) is 0 Å². The molecule has 0 bridgehead atoms. The summed E-state index contributed by atoms with van der Waals surface area (Å²) in [6.07, 6.45) is 1.25. The summed E-state index contributed by atoms with van der Waals surface area (Å²) in [5.74, 6) is 0.198. The minimum atomic E-state index is -0.519. The number of nitrogens with one attached hydrogen (secondary N) is 1. The van der Waals surface area contributed by atoms with Gasteiger partial charge in [-0.15, -0.1) is 0 Å². The lowest BCUT2D eigenvalue weighted by Crippen LogP contribution is -2.33. The molecule has 1 aliphatic heterocycles. The van der Waals surface area contributed by atoms with Crippen LogP contribution in [0.3, 0.4) is 0 Å². The third-order valence-corrected chi connectivity index (χ3v) is 4.54. The van der Waals surface area contributed by atoms with Crippen molar-refractivity contribution in [3.63, 3.8) is 0 Å². The minimum absolute atomic E-state index is 0.0302. The lowest BCUT2D eigenvalue weighted by molar-refractivity contribution is 0.0968. The fourth-order valence-corrected chi connectivity index (χ4v) is 3.51. The van der Waals surface area contributed by atoms with Gasteiger partial charge >= 0.3 is 0 Å². The predicted molar refractivity (Wildman–Crippen MR) is 78.5 cm³/mol. The molecule has 0 spiro atoms. The first-order valence-corrected chi connectivity index (χ1v) is 7.24. The third-order valence-electron chi connectivity index (χ3n) is 4.54. The molecule has 22 heavy (non-hydrogen) atoms. The number of benzene rings is 1. The standard InChI is InChI=1S/C16H14N2O4/c1-8-13(15(20)17-22-8)16(21)18-7-9-5-6-12(19)10-3-2-4-11(18)14(9)10/h2-4,9H,5-7H2,1H3,(H,17,20). The molecular weight excluding hydrogens is 284 g/mol. The summed E-state index contributed by atoms with van der Waals surface area (Å²) in [4.78, 5) is 38.2. The van der Waals surface area contributed by atoms with E-state index in [1.54, 1.807) is 17.9 Å². The molecule has 2 aliphatic rings. The zero-order chi connectivity index (χ0) is 15.4. The van der Waals surface area contributed by atoms with Gasteiger partial charge in [0.2, 0.25) is 0 Å². The Labute approximate surface area is 125 Å². The number of aryl methyl sites for hydroxylation is 1. The molecule has 0 fully saturated rings. The van der Waals surface area contributed by atoms with Crippen molar-refractivity contribution in [1.82, 2.24) is 5.16 Å². The van der Waals surface area contributed by atoms with Crippen LogP contribution in [-0.2, 0) is 0 Å². The maximum absolute atomic E-state index is 12.7. The smallest absolute Gasteiger partial charge is 0.293 e. The van der Waals surface area contributed by atoms with Crippen LogP contribution in [0.4, 0.5) is 5.69 Å². The first kappa shape index (κ1) is 13.1. The van der Waals surface area contributed by atoms with Crippen molar-refractivity contribution >= 4 is 17.4 Å². The number of aromatic nitrogens is 1. The van der Waals surface area contributed by atoms with Crippen LogP contribution in [-0.4, -0.2) is 23.4 Å². The predicted octanol–water partition coefficient (Wildman–Crippen LogP) is 2.00. The van der Waals surface area contributed by atoms with Crippen molar-refractivity contribution in [3.05, 3.63) is 51.0 Å². The van der Waals surface area contributed by atoms with Crippen molar-refractivity contribution < 1.29 is 14.1 Å². The van der Waals surface area contributed by atoms with Gasteiger partial charge in [-0.05, 0) is 25.0 Å². The Morgan fingerprint density at radius 1 is 1.36 bits per heavy atom. The molecule has 112 valence electrons. The molecule has 0 saturated heterocycles. The van der Waals surface area contributed by atoms with Crippen LogP contribution in [0, 0.1) is 6.92 Å². The first-order chi connectivity index (χ1) is 10.6. The second kappa shape index (κ2) is 4.43. The summed E-state index contributed by atoms with van der Waals surface area (Å²) in [7, 11) is 0. The zero-order valence-electron chi connectivity index (χ0n) is 12.0. The van der Waals surface area contributed by atoms with Crippen LogP contribution in [0.15, 0.2) is 27.5 Å². The van der Waals surface area contributed by atoms with E-state index in [1.165, 1.54) is 0 Å². The molecule has 0 saturated carbocycles. The molecule has 1 atom stereocenters. The van der Waals surface area contributed by atoms with E-state index in [4.69, 9.17) is 4.52 Å². The average molecular weight is 298 g/mol. The molecule has 2 aromatic rings. The Bertz CT molecular complexity index is 861. The van der Waals surface area contributed by atoms with E-state index < -0.39 is 5.56 Å². The Morgan fingerprint density at radius 2 is 2.18 bits per heavy atom. The van der Waals surface area contributed by atoms with Crippen LogP contribution in [0.5, 0.6) is 0 Å². The van der Waals surface area contributed by atoms with Gasteiger partial charge in [0, 0.05) is 30.1 Å². The lowest BCUT2D eigenvalue weighted by atomic mass is 9.83. The average Bonchev–Trinajstić information content (AvgIpc) is 3.05. The summed E-state index contributed by atoms with van der Waals surface area (Å²) in [5, 5.41) is 2.19. The Kier molecular flexibility index (Phi) is 2.63. The van der Waals surface area contributed by atoms with Crippen LogP contribution in [0.1, 0.15) is 50.8 Å². The fraction of sp³-hybridized carbons (Fsp3) is 0.312. The maximum Gasteiger partial charge on any atom is 0.293 e. The van der Waals surface area contributed by atoms with E-state index in [1.807, 2.05) is 12.1 Å². The minimum Gasteiger partial charge on any atom is -0.383 e. The number of nitrogens with zero attached hydrogens (tertiary/aromatic N) is 1. The molecule has 2 heterocycles. The molecule has 1 unspecified atom stereocenters. The Hall–Kier alpha value is -2.63. The summed E-state index contributed by atoms with van der Waals surface area (Å²) >= 11 is 0. The summed E-state index contributed by atoms with van der Waals surface area (Å²) in [6, 6.07) is 5.43. The SMILES string of the molecule is Cc1o[nH]c(=O)c1C(=O)N1CC2CCC(=O)c3cccc1c32. The lowest BCUT2D eigenvalue weighted by Gasteiger charge is -2.18.